The average Bonchev–Trinajstić information content (AvgIpc) is 2.96. The first-order valence-electron chi connectivity index (χ1n) is 8.11. The van der Waals surface area contributed by atoms with Gasteiger partial charge in [0.1, 0.15) is 9.92 Å². The zero-order valence-corrected chi connectivity index (χ0v) is 16.8. The molecule has 4 heterocycles. The molecule has 8 nitrogen and oxygen atoms in total. The van der Waals surface area contributed by atoms with Crippen LogP contribution in [0.15, 0.2) is 41.8 Å². The van der Waals surface area contributed by atoms with E-state index >= 15 is 0 Å². The molecule has 0 aromatic carbocycles. The molecule has 4 rings (SSSR count). The van der Waals surface area contributed by atoms with Crippen molar-refractivity contribution in [2.75, 3.05) is 19.6 Å². The van der Waals surface area contributed by atoms with E-state index in [0.717, 1.165) is 5.56 Å². The van der Waals surface area contributed by atoms with Crippen molar-refractivity contribution in [2.45, 2.75) is 17.9 Å². The Balaban J connectivity index is 0.00000210. The zero-order valence-electron chi connectivity index (χ0n) is 14.4. The van der Waals surface area contributed by atoms with Crippen molar-refractivity contribution in [1.82, 2.24) is 29.2 Å². The van der Waals surface area contributed by atoms with Gasteiger partial charge in [0.05, 0.1) is 24.1 Å². The van der Waals surface area contributed by atoms with Gasteiger partial charge in [-0.15, -0.1) is 12.4 Å². The molecule has 1 aliphatic rings. The Kier molecular flexibility index (Phi) is 5.68. The second-order valence-corrected chi connectivity index (χ2v) is 8.35. The number of hydrogen-bond acceptors (Lipinski definition) is 6. The number of pyridine rings is 1. The molecule has 0 spiro atoms. The first kappa shape index (κ1) is 20.0. The number of nitrogens with zero attached hydrogens (tertiary/aromatic N) is 5. The highest BCUT2D eigenvalue weighted by Crippen LogP contribution is 2.29. The maximum atomic E-state index is 13.3. The summed E-state index contributed by atoms with van der Waals surface area (Å²) in [6, 6.07) is 3.35. The average molecular weight is 429 g/mol. The summed E-state index contributed by atoms with van der Waals surface area (Å²) in [6.45, 7) is 3.21. The van der Waals surface area contributed by atoms with Crippen LogP contribution in [0.25, 0.3) is 5.65 Å². The minimum atomic E-state index is -3.76. The van der Waals surface area contributed by atoms with Crippen LogP contribution in [0, 0.1) is 6.92 Å². The lowest BCUT2D eigenvalue weighted by Gasteiger charge is -2.35. The number of hydrogen-bond donors (Lipinski definition) is 1. The smallest absolute Gasteiger partial charge is 0.246 e. The highest BCUT2D eigenvalue weighted by Gasteiger charge is 2.35. The number of piperazine rings is 1. The van der Waals surface area contributed by atoms with E-state index in [1.54, 1.807) is 25.4 Å². The monoisotopic (exact) mass is 428 g/mol. The van der Waals surface area contributed by atoms with Crippen molar-refractivity contribution in [3.63, 3.8) is 0 Å². The van der Waals surface area contributed by atoms with E-state index in [2.05, 4.69) is 20.4 Å². The van der Waals surface area contributed by atoms with Crippen molar-refractivity contribution in [3.8, 4) is 0 Å². The van der Waals surface area contributed by atoms with Gasteiger partial charge in [0, 0.05) is 32.0 Å². The molecule has 0 amide bonds. The summed E-state index contributed by atoms with van der Waals surface area (Å²) in [6.07, 6.45) is 6.15. The molecule has 1 N–H and O–H groups in total. The highest BCUT2D eigenvalue weighted by atomic mass is 35.5. The SMILES string of the molecule is Cc1nn2cc(S(=O)(=O)N3CCNCC3c3cccnc3)cnc2c1Cl.Cl. The molecule has 1 saturated heterocycles. The molecule has 1 atom stereocenters. The third kappa shape index (κ3) is 3.53. The molecule has 3 aromatic rings. The second-order valence-electron chi connectivity index (χ2n) is 6.08. The van der Waals surface area contributed by atoms with Crippen molar-refractivity contribution >= 4 is 39.7 Å². The van der Waals surface area contributed by atoms with E-state index in [0.29, 0.717) is 36.0 Å². The number of aromatic nitrogens is 4. The quantitative estimate of drug-likeness (QED) is 0.683. The predicted molar refractivity (Wildman–Crippen MR) is 104 cm³/mol. The van der Waals surface area contributed by atoms with Gasteiger partial charge < -0.3 is 5.32 Å². The Morgan fingerprint density at radius 3 is 2.89 bits per heavy atom. The summed E-state index contributed by atoms with van der Waals surface area (Å²) in [7, 11) is -3.76. The van der Waals surface area contributed by atoms with Gasteiger partial charge in [-0.1, -0.05) is 17.7 Å². The van der Waals surface area contributed by atoms with E-state index in [9.17, 15) is 8.42 Å². The van der Waals surface area contributed by atoms with Gasteiger partial charge in [-0.25, -0.2) is 17.9 Å². The minimum Gasteiger partial charge on any atom is -0.313 e. The molecule has 0 saturated carbocycles. The molecule has 144 valence electrons. The first-order chi connectivity index (χ1) is 12.5. The third-order valence-electron chi connectivity index (χ3n) is 4.42. The summed E-state index contributed by atoms with van der Waals surface area (Å²) in [5, 5.41) is 7.89. The summed E-state index contributed by atoms with van der Waals surface area (Å²) in [5.41, 5.74) is 1.88. The van der Waals surface area contributed by atoms with E-state index < -0.39 is 10.0 Å². The minimum absolute atomic E-state index is 0. The Morgan fingerprint density at radius 1 is 1.33 bits per heavy atom. The Labute approximate surface area is 168 Å². The molecule has 27 heavy (non-hydrogen) atoms. The highest BCUT2D eigenvalue weighted by molar-refractivity contribution is 7.89. The molecule has 11 heteroatoms. The van der Waals surface area contributed by atoms with Crippen LogP contribution < -0.4 is 5.32 Å². The largest absolute Gasteiger partial charge is 0.313 e. The van der Waals surface area contributed by atoms with Gasteiger partial charge in [-0.3, -0.25) is 4.98 Å². The van der Waals surface area contributed by atoms with Gasteiger partial charge >= 0.3 is 0 Å². The number of nitrogens with one attached hydrogen (secondary N) is 1. The number of rotatable bonds is 3. The van der Waals surface area contributed by atoms with Crippen LogP contribution in [0.5, 0.6) is 0 Å². The van der Waals surface area contributed by atoms with Crippen molar-refractivity contribution in [2.24, 2.45) is 0 Å². The number of sulfonamides is 1. The van der Waals surface area contributed by atoms with Crippen LogP contribution in [0.2, 0.25) is 5.02 Å². The summed E-state index contributed by atoms with van der Waals surface area (Å²) in [5.74, 6) is 0. The van der Waals surface area contributed by atoms with E-state index in [1.165, 1.54) is 21.2 Å². The maximum absolute atomic E-state index is 13.3. The zero-order chi connectivity index (χ0) is 18.3. The Hall–Kier alpha value is -1.78. The van der Waals surface area contributed by atoms with Crippen LogP contribution >= 0.6 is 24.0 Å². The number of halogens is 2. The lowest BCUT2D eigenvalue weighted by molar-refractivity contribution is 0.271. The first-order valence-corrected chi connectivity index (χ1v) is 9.93. The summed E-state index contributed by atoms with van der Waals surface area (Å²) in [4.78, 5) is 8.39. The van der Waals surface area contributed by atoms with E-state index in [4.69, 9.17) is 11.6 Å². The van der Waals surface area contributed by atoms with Crippen LogP contribution in [-0.4, -0.2) is 51.9 Å². The van der Waals surface area contributed by atoms with Crippen LogP contribution in [-0.2, 0) is 10.0 Å². The van der Waals surface area contributed by atoms with Gasteiger partial charge in [-0.2, -0.15) is 9.40 Å². The maximum Gasteiger partial charge on any atom is 0.246 e. The molecule has 1 fully saturated rings. The normalized spacial score (nSPS) is 18.4. The van der Waals surface area contributed by atoms with Gasteiger partial charge in [0.15, 0.2) is 5.65 Å². The summed E-state index contributed by atoms with van der Waals surface area (Å²) < 4.78 is 29.4. The molecule has 1 unspecified atom stereocenters. The van der Waals surface area contributed by atoms with E-state index in [-0.39, 0.29) is 23.3 Å². The third-order valence-corrected chi connectivity index (χ3v) is 6.73. The van der Waals surface area contributed by atoms with Crippen LogP contribution in [0.4, 0.5) is 0 Å². The van der Waals surface area contributed by atoms with Crippen molar-refractivity contribution in [1.29, 1.82) is 0 Å². The van der Waals surface area contributed by atoms with Crippen LogP contribution in [0.1, 0.15) is 17.3 Å². The Bertz CT molecular complexity index is 1060. The fourth-order valence-corrected chi connectivity index (χ4v) is 4.82. The number of fused-ring (bicyclic) bond motifs is 1. The van der Waals surface area contributed by atoms with Gasteiger partial charge in [0.2, 0.25) is 10.0 Å². The van der Waals surface area contributed by atoms with Crippen LogP contribution in [0.3, 0.4) is 0 Å². The molecular weight excluding hydrogens is 411 g/mol. The second kappa shape index (κ2) is 7.69. The summed E-state index contributed by atoms with van der Waals surface area (Å²) >= 11 is 6.14. The standard InChI is InChI=1S/C16H17ClN6O2S.ClH/c1-11-15(17)16-20-8-13(10-22(16)21-11)26(24,25)23-6-5-19-9-14(23)12-3-2-4-18-7-12;/h2-4,7-8,10,14,19H,5-6,9H2,1H3;1H. The lowest BCUT2D eigenvalue weighted by atomic mass is 10.1. The molecular formula is C16H18Cl2N6O2S. The van der Waals surface area contributed by atoms with Gasteiger partial charge in [0.25, 0.3) is 0 Å². The van der Waals surface area contributed by atoms with E-state index in [1.807, 2.05) is 6.07 Å². The topological polar surface area (TPSA) is 92.5 Å². The fraction of sp³-hybridized carbons (Fsp3) is 0.312. The number of aryl methyl sites for hydroxylation is 1. The van der Waals surface area contributed by atoms with Gasteiger partial charge in [-0.05, 0) is 18.6 Å². The fourth-order valence-electron chi connectivity index (χ4n) is 3.10. The Morgan fingerprint density at radius 2 is 2.15 bits per heavy atom. The molecule has 0 radical (unpaired) electrons. The molecule has 0 bridgehead atoms. The predicted octanol–water partition coefficient (Wildman–Crippen LogP) is 1.84. The lowest BCUT2D eigenvalue weighted by Crippen LogP contribution is -2.48. The molecule has 3 aromatic heterocycles. The molecule has 1 aliphatic heterocycles. The van der Waals surface area contributed by atoms with Crippen molar-refractivity contribution in [3.05, 3.63) is 53.2 Å². The van der Waals surface area contributed by atoms with Crippen molar-refractivity contribution < 1.29 is 8.42 Å². The molecule has 0 aliphatic carbocycles.